The number of nitrogens with one attached hydrogen (secondary N) is 1. The maximum Gasteiger partial charge on any atom is 0.0750 e. The summed E-state index contributed by atoms with van der Waals surface area (Å²) in [6, 6.07) is 6.91. The molecule has 1 aromatic rings. The van der Waals surface area contributed by atoms with Crippen LogP contribution in [0.3, 0.4) is 0 Å². The fourth-order valence-electron chi connectivity index (χ4n) is 2.82. The van der Waals surface area contributed by atoms with Gasteiger partial charge in [0.15, 0.2) is 0 Å². The SMILES string of the molecule is COCCNCc1ccc(Br)cc1N(C)C1CCOC1C. The van der Waals surface area contributed by atoms with Crippen molar-refractivity contribution >= 4 is 21.6 Å². The smallest absolute Gasteiger partial charge is 0.0750 e. The fourth-order valence-corrected chi connectivity index (χ4v) is 3.17. The van der Waals surface area contributed by atoms with Crippen LogP contribution < -0.4 is 10.2 Å². The van der Waals surface area contributed by atoms with Gasteiger partial charge in [-0.25, -0.2) is 0 Å². The minimum Gasteiger partial charge on any atom is -0.383 e. The number of ether oxygens (including phenoxy) is 2. The van der Waals surface area contributed by atoms with Gasteiger partial charge in [-0.3, -0.25) is 0 Å². The molecule has 0 amide bonds. The number of nitrogens with zero attached hydrogens (tertiary/aromatic N) is 1. The molecule has 2 atom stereocenters. The van der Waals surface area contributed by atoms with E-state index in [9.17, 15) is 0 Å². The second-order valence-electron chi connectivity index (χ2n) is 5.49. The molecule has 0 radical (unpaired) electrons. The zero-order valence-corrected chi connectivity index (χ0v) is 14.6. The molecule has 0 aliphatic carbocycles. The second-order valence-corrected chi connectivity index (χ2v) is 6.40. The van der Waals surface area contributed by atoms with Gasteiger partial charge >= 0.3 is 0 Å². The fraction of sp³-hybridized carbons (Fsp3) is 0.625. The first-order valence-corrected chi connectivity index (χ1v) is 8.25. The first-order valence-electron chi connectivity index (χ1n) is 7.46. The van der Waals surface area contributed by atoms with E-state index in [-0.39, 0.29) is 6.10 Å². The van der Waals surface area contributed by atoms with Crippen LogP contribution in [-0.4, -0.2) is 46.1 Å². The van der Waals surface area contributed by atoms with E-state index in [4.69, 9.17) is 9.47 Å². The van der Waals surface area contributed by atoms with Gasteiger partial charge in [-0.05, 0) is 31.0 Å². The van der Waals surface area contributed by atoms with E-state index in [2.05, 4.69) is 58.3 Å². The Hall–Kier alpha value is -0.620. The highest BCUT2D eigenvalue weighted by atomic mass is 79.9. The van der Waals surface area contributed by atoms with Gasteiger partial charge in [0.05, 0.1) is 18.8 Å². The highest BCUT2D eigenvalue weighted by Gasteiger charge is 2.29. The van der Waals surface area contributed by atoms with Crippen LogP contribution in [0.4, 0.5) is 5.69 Å². The van der Waals surface area contributed by atoms with Gasteiger partial charge in [0.25, 0.3) is 0 Å². The van der Waals surface area contributed by atoms with Crippen LogP contribution in [0.2, 0.25) is 0 Å². The monoisotopic (exact) mass is 356 g/mol. The van der Waals surface area contributed by atoms with Crippen LogP contribution in [0.5, 0.6) is 0 Å². The Bertz CT molecular complexity index is 456. The maximum atomic E-state index is 5.71. The van der Waals surface area contributed by atoms with Crippen molar-refractivity contribution in [2.24, 2.45) is 0 Å². The molecule has 1 fully saturated rings. The van der Waals surface area contributed by atoms with Gasteiger partial charge in [0.1, 0.15) is 0 Å². The highest BCUT2D eigenvalue weighted by Crippen LogP contribution is 2.29. The molecule has 1 aromatic carbocycles. The number of benzene rings is 1. The summed E-state index contributed by atoms with van der Waals surface area (Å²) in [5.74, 6) is 0. The highest BCUT2D eigenvalue weighted by molar-refractivity contribution is 9.10. The molecule has 0 aromatic heterocycles. The Morgan fingerprint density at radius 2 is 2.29 bits per heavy atom. The van der Waals surface area contributed by atoms with E-state index >= 15 is 0 Å². The van der Waals surface area contributed by atoms with Crippen molar-refractivity contribution in [3.63, 3.8) is 0 Å². The summed E-state index contributed by atoms with van der Waals surface area (Å²) in [7, 11) is 3.89. The van der Waals surface area contributed by atoms with E-state index in [0.717, 1.165) is 37.2 Å². The average molecular weight is 357 g/mol. The molecule has 2 rings (SSSR count). The quantitative estimate of drug-likeness (QED) is 0.761. The molecule has 2 unspecified atom stereocenters. The topological polar surface area (TPSA) is 33.7 Å². The third-order valence-electron chi connectivity index (χ3n) is 4.06. The molecule has 21 heavy (non-hydrogen) atoms. The summed E-state index contributed by atoms with van der Waals surface area (Å²) in [5, 5.41) is 3.42. The number of anilines is 1. The third kappa shape index (κ3) is 4.42. The molecule has 5 heteroatoms. The van der Waals surface area contributed by atoms with E-state index in [1.54, 1.807) is 7.11 Å². The lowest BCUT2D eigenvalue weighted by molar-refractivity contribution is 0.118. The number of methoxy groups -OCH3 is 1. The predicted molar refractivity (Wildman–Crippen MR) is 89.9 cm³/mol. The lowest BCUT2D eigenvalue weighted by Crippen LogP contribution is -2.37. The average Bonchev–Trinajstić information content (AvgIpc) is 2.90. The Labute approximate surface area is 135 Å². The first-order chi connectivity index (χ1) is 10.1. The molecule has 1 aliphatic heterocycles. The number of halogens is 1. The molecule has 0 saturated carbocycles. The molecule has 1 heterocycles. The van der Waals surface area contributed by atoms with Crippen LogP contribution in [0.1, 0.15) is 18.9 Å². The van der Waals surface area contributed by atoms with Crippen molar-refractivity contribution in [1.82, 2.24) is 5.32 Å². The molecular formula is C16H25BrN2O2. The van der Waals surface area contributed by atoms with Gasteiger partial charge in [0.2, 0.25) is 0 Å². The second kappa shape index (κ2) is 8.13. The Morgan fingerprint density at radius 1 is 1.48 bits per heavy atom. The normalized spacial score (nSPS) is 21.7. The lowest BCUT2D eigenvalue weighted by Gasteiger charge is -2.31. The minimum atomic E-state index is 0.281. The molecule has 0 bridgehead atoms. The summed E-state index contributed by atoms with van der Waals surface area (Å²) in [6.07, 6.45) is 1.36. The van der Waals surface area contributed by atoms with Gasteiger partial charge in [0, 0.05) is 44.0 Å². The third-order valence-corrected chi connectivity index (χ3v) is 4.55. The maximum absolute atomic E-state index is 5.71. The van der Waals surface area contributed by atoms with E-state index < -0.39 is 0 Å². The number of hydrogen-bond donors (Lipinski definition) is 1. The van der Waals surface area contributed by atoms with Crippen LogP contribution >= 0.6 is 15.9 Å². The first kappa shape index (κ1) is 16.7. The van der Waals surface area contributed by atoms with Crippen LogP contribution in [0.15, 0.2) is 22.7 Å². The van der Waals surface area contributed by atoms with Crippen molar-refractivity contribution in [2.75, 3.05) is 38.8 Å². The molecular weight excluding hydrogens is 332 g/mol. The van der Waals surface area contributed by atoms with Gasteiger partial charge in [-0.15, -0.1) is 0 Å². The van der Waals surface area contributed by atoms with Gasteiger partial charge in [-0.2, -0.15) is 0 Å². The number of hydrogen-bond acceptors (Lipinski definition) is 4. The zero-order valence-electron chi connectivity index (χ0n) is 13.1. The van der Waals surface area contributed by atoms with Crippen LogP contribution in [0, 0.1) is 0 Å². The Kier molecular flexibility index (Phi) is 6.48. The van der Waals surface area contributed by atoms with Crippen molar-refractivity contribution in [1.29, 1.82) is 0 Å². The van der Waals surface area contributed by atoms with E-state index in [0.29, 0.717) is 6.04 Å². The zero-order chi connectivity index (χ0) is 15.2. The molecule has 1 aliphatic rings. The molecule has 0 spiro atoms. The summed E-state index contributed by atoms with van der Waals surface area (Å²) in [4.78, 5) is 2.36. The molecule has 4 nitrogen and oxygen atoms in total. The predicted octanol–water partition coefficient (Wildman–Crippen LogP) is 2.80. The minimum absolute atomic E-state index is 0.281. The van der Waals surface area contributed by atoms with Crippen molar-refractivity contribution in [3.8, 4) is 0 Å². The van der Waals surface area contributed by atoms with E-state index in [1.807, 2.05) is 0 Å². The number of likely N-dealkylation sites (N-methyl/N-ethyl adjacent to an activating group) is 1. The van der Waals surface area contributed by atoms with Gasteiger partial charge in [-0.1, -0.05) is 22.0 Å². The summed E-state index contributed by atoms with van der Waals surface area (Å²) in [6.45, 7) is 5.44. The lowest BCUT2D eigenvalue weighted by atomic mass is 10.1. The standard InChI is InChI=1S/C16H25BrN2O2/c1-12-15(6-8-21-12)19(2)16-10-14(17)5-4-13(16)11-18-7-9-20-3/h4-5,10,12,15,18H,6-9,11H2,1-3H3. The van der Waals surface area contributed by atoms with E-state index in [1.165, 1.54) is 11.3 Å². The molecule has 1 N–H and O–H groups in total. The number of rotatable bonds is 7. The van der Waals surface area contributed by atoms with Crippen molar-refractivity contribution < 1.29 is 9.47 Å². The summed E-state index contributed by atoms with van der Waals surface area (Å²) in [5.41, 5.74) is 2.56. The summed E-state index contributed by atoms with van der Waals surface area (Å²) >= 11 is 3.58. The van der Waals surface area contributed by atoms with Crippen LogP contribution in [0.25, 0.3) is 0 Å². The largest absolute Gasteiger partial charge is 0.383 e. The Balaban J connectivity index is 2.10. The molecule has 118 valence electrons. The summed E-state index contributed by atoms with van der Waals surface area (Å²) < 4.78 is 11.9. The van der Waals surface area contributed by atoms with Gasteiger partial charge < -0.3 is 19.7 Å². The Morgan fingerprint density at radius 3 is 2.95 bits per heavy atom. The molecule has 1 saturated heterocycles. The van der Waals surface area contributed by atoms with Crippen molar-refractivity contribution in [3.05, 3.63) is 28.2 Å². The van der Waals surface area contributed by atoms with Crippen molar-refractivity contribution in [2.45, 2.75) is 32.0 Å². The van der Waals surface area contributed by atoms with Crippen LogP contribution in [-0.2, 0) is 16.0 Å².